The van der Waals surface area contributed by atoms with Crippen molar-refractivity contribution in [3.8, 4) is 0 Å². The molecule has 0 N–H and O–H groups in total. The Labute approximate surface area is 152 Å². The second-order valence-electron chi connectivity index (χ2n) is 7.48. The Bertz CT molecular complexity index is 503. The minimum absolute atomic E-state index is 0.123. The number of amides is 1. The van der Waals surface area contributed by atoms with Crippen LogP contribution >= 0.6 is 0 Å². The van der Waals surface area contributed by atoms with Crippen molar-refractivity contribution in [3.05, 3.63) is 23.8 Å². The van der Waals surface area contributed by atoms with Crippen molar-refractivity contribution in [2.75, 3.05) is 59.5 Å². The third kappa shape index (κ3) is 5.40. The highest BCUT2D eigenvalue weighted by Crippen LogP contribution is 2.21. The van der Waals surface area contributed by atoms with Crippen molar-refractivity contribution in [2.45, 2.75) is 38.1 Å². The molecule has 25 heavy (non-hydrogen) atoms. The molecule has 5 nitrogen and oxygen atoms in total. The van der Waals surface area contributed by atoms with Gasteiger partial charge in [-0.1, -0.05) is 23.8 Å². The lowest BCUT2D eigenvalue weighted by atomic mass is 9.98. The molecule has 140 valence electrons. The largest absolute Gasteiger partial charge is 0.375 e. The number of rotatable bonds is 5. The molecule has 1 aliphatic carbocycles. The fourth-order valence-corrected chi connectivity index (χ4v) is 4.15. The van der Waals surface area contributed by atoms with Crippen molar-refractivity contribution in [2.24, 2.45) is 0 Å². The van der Waals surface area contributed by atoms with Crippen LogP contribution in [0.25, 0.3) is 0 Å². The van der Waals surface area contributed by atoms with Gasteiger partial charge in [-0.2, -0.15) is 0 Å². The first kappa shape index (κ1) is 18.6. The molecule has 1 atom stereocenters. The van der Waals surface area contributed by atoms with Crippen LogP contribution in [-0.4, -0.2) is 86.2 Å². The number of allylic oxidation sites excluding steroid dienone is 1. The summed E-state index contributed by atoms with van der Waals surface area (Å²) in [5, 5.41) is 0. The topological polar surface area (TPSA) is 36.0 Å². The van der Waals surface area contributed by atoms with Crippen LogP contribution in [0.1, 0.15) is 32.1 Å². The maximum atomic E-state index is 12.0. The number of hydrogen-bond donors (Lipinski definition) is 0. The van der Waals surface area contributed by atoms with Gasteiger partial charge >= 0.3 is 0 Å². The van der Waals surface area contributed by atoms with E-state index in [-0.39, 0.29) is 12.5 Å². The molecule has 1 saturated heterocycles. The van der Waals surface area contributed by atoms with E-state index in [4.69, 9.17) is 4.74 Å². The SMILES string of the molecule is COCC(=O)N1CCCN(CC2=CCN(C3C=CCCC3)CC2)CC1. The highest BCUT2D eigenvalue weighted by molar-refractivity contribution is 5.77. The Morgan fingerprint density at radius 2 is 2.12 bits per heavy atom. The molecule has 1 fully saturated rings. The summed E-state index contributed by atoms with van der Waals surface area (Å²) < 4.78 is 4.98. The Balaban J connectivity index is 1.45. The van der Waals surface area contributed by atoms with Gasteiger partial charge in [-0.05, 0) is 32.1 Å². The fraction of sp³-hybridized carbons (Fsp3) is 0.750. The van der Waals surface area contributed by atoms with E-state index < -0.39 is 0 Å². The Morgan fingerprint density at radius 3 is 2.84 bits per heavy atom. The number of methoxy groups -OCH3 is 1. The van der Waals surface area contributed by atoms with E-state index in [1.54, 1.807) is 12.7 Å². The molecule has 1 amide bonds. The van der Waals surface area contributed by atoms with Crippen molar-refractivity contribution in [3.63, 3.8) is 0 Å². The van der Waals surface area contributed by atoms with Gasteiger partial charge in [0.05, 0.1) is 0 Å². The molecule has 0 aromatic rings. The van der Waals surface area contributed by atoms with Gasteiger partial charge in [0, 0.05) is 59.0 Å². The summed E-state index contributed by atoms with van der Waals surface area (Å²) in [5.41, 5.74) is 1.58. The molecule has 1 unspecified atom stereocenters. The summed E-state index contributed by atoms with van der Waals surface area (Å²) in [6.45, 7) is 7.31. The maximum absolute atomic E-state index is 12.0. The first-order chi connectivity index (χ1) is 12.3. The van der Waals surface area contributed by atoms with Crippen LogP contribution in [0.3, 0.4) is 0 Å². The molecule has 2 heterocycles. The van der Waals surface area contributed by atoms with E-state index in [0.717, 1.165) is 45.7 Å². The zero-order chi connectivity index (χ0) is 17.5. The molecule has 0 radical (unpaired) electrons. The van der Waals surface area contributed by atoms with E-state index in [2.05, 4.69) is 28.0 Å². The Hall–Kier alpha value is -1.17. The smallest absolute Gasteiger partial charge is 0.248 e. The molecule has 0 aromatic carbocycles. The van der Waals surface area contributed by atoms with Gasteiger partial charge in [0.1, 0.15) is 6.61 Å². The van der Waals surface area contributed by atoms with Crippen LogP contribution < -0.4 is 0 Å². The number of carbonyl (C=O) groups excluding carboxylic acids is 1. The zero-order valence-electron chi connectivity index (χ0n) is 15.7. The lowest BCUT2D eigenvalue weighted by Gasteiger charge is -2.34. The first-order valence-electron chi connectivity index (χ1n) is 9.84. The minimum Gasteiger partial charge on any atom is -0.375 e. The van der Waals surface area contributed by atoms with Crippen molar-refractivity contribution in [1.82, 2.24) is 14.7 Å². The van der Waals surface area contributed by atoms with Crippen molar-refractivity contribution < 1.29 is 9.53 Å². The van der Waals surface area contributed by atoms with Crippen LogP contribution in [0.4, 0.5) is 0 Å². The number of hydrogen-bond acceptors (Lipinski definition) is 4. The molecule has 2 aliphatic heterocycles. The quantitative estimate of drug-likeness (QED) is 0.712. The molecule has 3 rings (SSSR count). The number of nitrogens with zero attached hydrogens (tertiary/aromatic N) is 3. The summed E-state index contributed by atoms with van der Waals surface area (Å²) >= 11 is 0. The normalized spacial score (nSPS) is 26.4. The summed E-state index contributed by atoms with van der Waals surface area (Å²) in [7, 11) is 1.59. The Morgan fingerprint density at radius 1 is 1.20 bits per heavy atom. The Kier molecular flexibility index (Phi) is 7.08. The van der Waals surface area contributed by atoms with E-state index in [0.29, 0.717) is 6.04 Å². The molecular weight excluding hydrogens is 314 g/mol. The highest BCUT2D eigenvalue weighted by Gasteiger charge is 2.22. The van der Waals surface area contributed by atoms with Crippen LogP contribution in [-0.2, 0) is 9.53 Å². The third-order valence-corrected chi connectivity index (χ3v) is 5.67. The first-order valence-corrected chi connectivity index (χ1v) is 9.84. The molecule has 5 heteroatoms. The average Bonchev–Trinajstić information content (AvgIpc) is 2.89. The molecule has 0 saturated carbocycles. The summed E-state index contributed by atoms with van der Waals surface area (Å²) in [5.74, 6) is 0.123. The van der Waals surface area contributed by atoms with Gasteiger partial charge in [0.25, 0.3) is 0 Å². The summed E-state index contributed by atoms with van der Waals surface area (Å²) in [4.78, 5) is 19.1. The monoisotopic (exact) mass is 347 g/mol. The van der Waals surface area contributed by atoms with E-state index in [1.165, 1.54) is 32.2 Å². The highest BCUT2D eigenvalue weighted by atomic mass is 16.5. The minimum atomic E-state index is 0.123. The predicted molar refractivity (Wildman–Crippen MR) is 101 cm³/mol. The standard InChI is InChI=1S/C20H33N3O2/c1-25-17-20(24)23-11-5-10-21(14-15-23)16-18-8-12-22(13-9-18)19-6-3-2-4-7-19/h3,6,8,19H,2,4-5,7,9-17H2,1H3. The zero-order valence-corrected chi connectivity index (χ0v) is 15.7. The predicted octanol–water partition coefficient (Wildman–Crippen LogP) is 1.91. The van der Waals surface area contributed by atoms with Crippen molar-refractivity contribution >= 4 is 5.91 Å². The maximum Gasteiger partial charge on any atom is 0.248 e. The second kappa shape index (κ2) is 9.51. The molecule has 0 spiro atoms. The van der Waals surface area contributed by atoms with Gasteiger partial charge in [-0.3, -0.25) is 14.6 Å². The fourth-order valence-electron chi connectivity index (χ4n) is 4.15. The van der Waals surface area contributed by atoms with E-state index in [1.807, 2.05) is 4.90 Å². The average molecular weight is 348 g/mol. The van der Waals surface area contributed by atoms with Crippen molar-refractivity contribution in [1.29, 1.82) is 0 Å². The second-order valence-corrected chi connectivity index (χ2v) is 7.48. The van der Waals surface area contributed by atoms with E-state index in [9.17, 15) is 4.79 Å². The van der Waals surface area contributed by atoms with Crippen LogP contribution in [0, 0.1) is 0 Å². The van der Waals surface area contributed by atoms with Crippen LogP contribution in [0.15, 0.2) is 23.8 Å². The van der Waals surface area contributed by atoms with E-state index >= 15 is 0 Å². The van der Waals surface area contributed by atoms with Gasteiger partial charge < -0.3 is 9.64 Å². The lowest BCUT2D eigenvalue weighted by Crippen LogP contribution is -2.40. The van der Waals surface area contributed by atoms with Gasteiger partial charge in [-0.15, -0.1) is 0 Å². The molecule has 0 bridgehead atoms. The van der Waals surface area contributed by atoms with Gasteiger partial charge in [0.2, 0.25) is 5.91 Å². The van der Waals surface area contributed by atoms with Crippen LogP contribution in [0.5, 0.6) is 0 Å². The third-order valence-electron chi connectivity index (χ3n) is 5.67. The summed E-state index contributed by atoms with van der Waals surface area (Å²) in [6.07, 6.45) is 13.4. The lowest BCUT2D eigenvalue weighted by molar-refractivity contribution is -0.135. The number of carbonyl (C=O) groups is 1. The van der Waals surface area contributed by atoms with Crippen LogP contribution in [0.2, 0.25) is 0 Å². The molecule has 3 aliphatic rings. The number of ether oxygens (including phenoxy) is 1. The molecular formula is C20H33N3O2. The van der Waals surface area contributed by atoms with Gasteiger partial charge in [0.15, 0.2) is 0 Å². The summed E-state index contributed by atoms with van der Waals surface area (Å²) in [6, 6.07) is 0.657. The molecule has 0 aromatic heterocycles. The van der Waals surface area contributed by atoms with Gasteiger partial charge in [-0.25, -0.2) is 0 Å².